The SMILES string of the molecule is CC(C)(C)c1csc(C(CN)Cc2cccc3ccccc23)n1. The Balaban J connectivity index is 1.91. The highest BCUT2D eigenvalue weighted by molar-refractivity contribution is 7.09. The minimum Gasteiger partial charge on any atom is -0.330 e. The summed E-state index contributed by atoms with van der Waals surface area (Å²) in [5.41, 5.74) is 8.69. The van der Waals surface area contributed by atoms with Gasteiger partial charge in [0.05, 0.1) is 10.7 Å². The average molecular weight is 324 g/mol. The van der Waals surface area contributed by atoms with Crippen molar-refractivity contribution in [2.24, 2.45) is 5.73 Å². The maximum absolute atomic E-state index is 6.08. The van der Waals surface area contributed by atoms with E-state index in [9.17, 15) is 0 Å². The smallest absolute Gasteiger partial charge is 0.0975 e. The Morgan fingerprint density at radius 1 is 1.09 bits per heavy atom. The maximum atomic E-state index is 6.08. The van der Waals surface area contributed by atoms with Crippen LogP contribution in [0.3, 0.4) is 0 Å². The molecule has 3 heteroatoms. The van der Waals surface area contributed by atoms with Gasteiger partial charge in [-0.3, -0.25) is 0 Å². The Morgan fingerprint density at radius 3 is 2.52 bits per heavy atom. The van der Waals surface area contributed by atoms with Gasteiger partial charge in [0.15, 0.2) is 0 Å². The summed E-state index contributed by atoms with van der Waals surface area (Å²) in [6.07, 6.45) is 0.939. The minimum atomic E-state index is 0.0906. The molecule has 1 aromatic heterocycles. The van der Waals surface area contributed by atoms with Gasteiger partial charge in [-0.25, -0.2) is 4.98 Å². The van der Waals surface area contributed by atoms with Gasteiger partial charge in [-0.1, -0.05) is 63.2 Å². The molecule has 0 bridgehead atoms. The minimum absolute atomic E-state index is 0.0906. The van der Waals surface area contributed by atoms with E-state index >= 15 is 0 Å². The van der Waals surface area contributed by atoms with Crippen LogP contribution < -0.4 is 5.73 Å². The summed E-state index contributed by atoms with van der Waals surface area (Å²) in [5.74, 6) is 0.280. The van der Waals surface area contributed by atoms with Crippen molar-refractivity contribution in [3.05, 3.63) is 64.1 Å². The van der Waals surface area contributed by atoms with Crippen LogP contribution >= 0.6 is 11.3 Å². The number of hydrogen-bond donors (Lipinski definition) is 1. The Labute approximate surface area is 142 Å². The fourth-order valence-corrected chi connectivity index (χ4v) is 3.99. The zero-order chi connectivity index (χ0) is 16.4. The first-order valence-corrected chi connectivity index (χ1v) is 8.99. The molecule has 0 aliphatic heterocycles. The van der Waals surface area contributed by atoms with E-state index in [1.165, 1.54) is 16.3 Å². The average Bonchev–Trinajstić information content (AvgIpc) is 3.02. The van der Waals surface area contributed by atoms with Crippen molar-refractivity contribution in [3.8, 4) is 0 Å². The highest BCUT2D eigenvalue weighted by atomic mass is 32.1. The molecule has 3 rings (SSSR count). The van der Waals surface area contributed by atoms with E-state index < -0.39 is 0 Å². The number of fused-ring (bicyclic) bond motifs is 1. The first kappa shape index (κ1) is 16.2. The van der Waals surface area contributed by atoms with Gasteiger partial charge in [0.25, 0.3) is 0 Å². The van der Waals surface area contributed by atoms with E-state index in [1.54, 1.807) is 11.3 Å². The van der Waals surface area contributed by atoms with E-state index in [0.717, 1.165) is 17.1 Å². The molecule has 0 saturated heterocycles. The Morgan fingerprint density at radius 2 is 1.83 bits per heavy atom. The van der Waals surface area contributed by atoms with Gasteiger partial charge in [-0.15, -0.1) is 11.3 Å². The molecule has 1 unspecified atom stereocenters. The topological polar surface area (TPSA) is 38.9 Å². The molecule has 1 atom stereocenters. The molecule has 0 aliphatic rings. The molecule has 0 saturated carbocycles. The monoisotopic (exact) mass is 324 g/mol. The highest BCUT2D eigenvalue weighted by Crippen LogP contribution is 2.30. The molecule has 2 aromatic carbocycles. The Hall–Kier alpha value is -1.71. The number of benzene rings is 2. The molecule has 2 N–H and O–H groups in total. The summed E-state index contributed by atoms with van der Waals surface area (Å²) in [5, 5.41) is 5.95. The molecule has 3 aromatic rings. The van der Waals surface area contributed by atoms with Crippen LogP contribution in [0.1, 0.15) is 43.0 Å². The maximum Gasteiger partial charge on any atom is 0.0975 e. The number of aromatic nitrogens is 1. The fourth-order valence-electron chi connectivity index (χ4n) is 2.83. The van der Waals surface area contributed by atoms with E-state index in [-0.39, 0.29) is 11.3 Å². The summed E-state index contributed by atoms with van der Waals surface area (Å²) in [6.45, 7) is 7.23. The van der Waals surface area contributed by atoms with Crippen molar-refractivity contribution in [2.45, 2.75) is 38.5 Å². The van der Waals surface area contributed by atoms with Gasteiger partial charge in [-0.05, 0) is 22.8 Å². The quantitative estimate of drug-likeness (QED) is 0.743. The van der Waals surface area contributed by atoms with Gasteiger partial charge in [-0.2, -0.15) is 0 Å². The van der Waals surface area contributed by atoms with Crippen LogP contribution in [0.2, 0.25) is 0 Å². The zero-order valence-corrected chi connectivity index (χ0v) is 14.9. The summed E-state index contributed by atoms with van der Waals surface area (Å²) in [6, 6.07) is 15.1. The number of rotatable bonds is 4. The molecular weight excluding hydrogens is 300 g/mol. The van der Waals surface area contributed by atoms with E-state index in [2.05, 4.69) is 68.6 Å². The van der Waals surface area contributed by atoms with Crippen molar-refractivity contribution in [1.82, 2.24) is 4.98 Å². The van der Waals surface area contributed by atoms with Gasteiger partial charge in [0, 0.05) is 23.3 Å². The number of nitrogens with zero attached hydrogens (tertiary/aromatic N) is 1. The predicted molar refractivity (Wildman–Crippen MR) is 100 cm³/mol. The summed E-state index contributed by atoms with van der Waals surface area (Å²) < 4.78 is 0. The summed E-state index contributed by atoms with van der Waals surface area (Å²) >= 11 is 1.74. The third-order valence-electron chi connectivity index (χ3n) is 4.27. The van der Waals surface area contributed by atoms with Crippen molar-refractivity contribution >= 4 is 22.1 Å². The van der Waals surface area contributed by atoms with E-state index in [4.69, 9.17) is 10.7 Å². The van der Waals surface area contributed by atoms with Gasteiger partial charge >= 0.3 is 0 Å². The molecule has 0 amide bonds. The third-order valence-corrected chi connectivity index (χ3v) is 5.28. The predicted octanol–water partition coefficient (Wildman–Crippen LogP) is 4.88. The normalized spacial score (nSPS) is 13.4. The van der Waals surface area contributed by atoms with Gasteiger partial charge in [0.2, 0.25) is 0 Å². The molecule has 1 heterocycles. The summed E-state index contributed by atoms with van der Waals surface area (Å²) in [4.78, 5) is 4.87. The zero-order valence-electron chi connectivity index (χ0n) is 14.0. The van der Waals surface area contributed by atoms with Crippen LogP contribution in [-0.4, -0.2) is 11.5 Å². The van der Waals surface area contributed by atoms with Crippen LogP contribution in [0.15, 0.2) is 47.8 Å². The Bertz CT molecular complexity index is 793. The second kappa shape index (κ2) is 6.42. The molecule has 0 aliphatic carbocycles. The Kier molecular flexibility index (Phi) is 4.51. The van der Waals surface area contributed by atoms with Crippen molar-refractivity contribution < 1.29 is 0 Å². The molecule has 23 heavy (non-hydrogen) atoms. The second-order valence-electron chi connectivity index (χ2n) is 7.10. The number of hydrogen-bond acceptors (Lipinski definition) is 3. The van der Waals surface area contributed by atoms with Crippen molar-refractivity contribution in [2.75, 3.05) is 6.54 Å². The lowest BCUT2D eigenvalue weighted by Gasteiger charge is -2.16. The molecule has 0 spiro atoms. The van der Waals surface area contributed by atoms with Crippen LogP contribution in [0.25, 0.3) is 10.8 Å². The lowest BCUT2D eigenvalue weighted by molar-refractivity contribution is 0.566. The second-order valence-corrected chi connectivity index (χ2v) is 7.99. The first-order chi connectivity index (χ1) is 11.0. The third kappa shape index (κ3) is 3.46. The molecular formula is C20H24N2S. The van der Waals surface area contributed by atoms with E-state index in [0.29, 0.717) is 6.54 Å². The first-order valence-electron chi connectivity index (χ1n) is 8.11. The molecule has 120 valence electrons. The number of nitrogens with two attached hydrogens (primary N) is 1. The fraction of sp³-hybridized carbons (Fsp3) is 0.350. The van der Waals surface area contributed by atoms with Crippen LogP contribution in [0, 0.1) is 0 Å². The molecule has 2 nitrogen and oxygen atoms in total. The number of thiazole rings is 1. The van der Waals surface area contributed by atoms with Crippen LogP contribution in [0.5, 0.6) is 0 Å². The van der Waals surface area contributed by atoms with Crippen LogP contribution in [0.4, 0.5) is 0 Å². The summed E-state index contributed by atoms with van der Waals surface area (Å²) in [7, 11) is 0. The molecule has 0 fully saturated rings. The molecule has 0 radical (unpaired) electrons. The standard InChI is InChI=1S/C20H24N2S/c1-20(2,3)18-13-23-19(22-18)16(12-21)11-15-9-6-8-14-7-4-5-10-17(14)15/h4-10,13,16H,11-12,21H2,1-3H3. The lowest BCUT2D eigenvalue weighted by atomic mass is 9.93. The lowest BCUT2D eigenvalue weighted by Crippen LogP contribution is -2.16. The largest absolute Gasteiger partial charge is 0.330 e. The van der Waals surface area contributed by atoms with Gasteiger partial charge in [0.1, 0.15) is 0 Å². The van der Waals surface area contributed by atoms with Crippen LogP contribution in [-0.2, 0) is 11.8 Å². The van der Waals surface area contributed by atoms with Crippen molar-refractivity contribution in [3.63, 3.8) is 0 Å². The van der Waals surface area contributed by atoms with Crippen molar-refractivity contribution in [1.29, 1.82) is 0 Å². The van der Waals surface area contributed by atoms with E-state index in [1.807, 2.05) is 0 Å². The highest BCUT2D eigenvalue weighted by Gasteiger charge is 2.21. The van der Waals surface area contributed by atoms with Gasteiger partial charge < -0.3 is 5.73 Å².